The molecular formula is C13H11FN4. The van der Waals surface area contributed by atoms with Gasteiger partial charge in [-0.3, -0.25) is 0 Å². The second-order valence-corrected chi connectivity index (χ2v) is 3.93. The molecule has 3 aromatic rings. The number of benzene rings is 1. The fourth-order valence-electron chi connectivity index (χ4n) is 1.99. The summed E-state index contributed by atoms with van der Waals surface area (Å²) in [6, 6.07) is 8.10. The fraction of sp³-hybridized carbons (Fsp3) is 0.0769. The normalized spacial score (nSPS) is 11.0. The third-order valence-corrected chi connectivity index (χ3v) is 2.79. The quantitative estimate of drug-likeness (QED) is 0.747. The Morgan fingerprint density at radius 2 is 2.17 bits per heavy atom. The van der Waals surface area contributed by atoms with Gasteiger partial charge in [0.1, 0.15) is 5.82 Å². The first-order valence-corrected chi connectivity index (χ1v) is 5.58. The van der Waals surface area contributed by atoms with E-state index >= 15 is 0 Å². The number of aromatic nitrogens is 3. The van der Waals surface area contributed by atoms with Gasteiger partial charge in [-0.15, -0.1) is 0 Å². The monoisotopic (exact) mass is 242 g/mol. The van der Waals surface area contributed by atoms with Crippen molar-refractivity contribution in [3.63, 3.8) is 0 Å². The molecule has 90 valence electrons. The summed E-state index contributed by atoms with van der Waals surface area (Å²) < 4.78 is 14.9. The lowest BCUT2D eigenvalue weighted by Crippen LogP contribution is -1.98. The third kappa shape index (κ3) is 1.65. The molecule has 5 heteroatoms. The van der Waals surface area contributed by atoms with Crippen molar-refractivity contribution in [2.45, 2.75) is 6.54 Å². The number of rotatable bonds is 2. The first kappa shape index (κ1) is 10.9. The highest BCUT2D eigenvalue weighted by Crippen LogP contribution is 2.25. The molecule has 4 nitrogen and oxygen atoms in total. The van der Waals surface area contributed by atoms with E-state index in [0.717, 1.165) is 5.56 Å². The summed E-state index contributed by atoms with van der Waals surface area (Å²) in [5.74, 6) is -0.291. The lowest BCUT2D eigenvalue weighted by molar-refractivity contribution is 0.628. The molecule has 2 aromatic heterocycles. The topological polar surface area (TPSA) is 56.2 Å². The molecule has 0 radical (unpaired) electrons. The van der Waals surface area contributed by atoms with Gasteiger partial charge in [-0.1, -0.05) is 12.1 Å². The molecule has 0 saturated carbocycles. The molecule has 2 heterocycles. The Morgan fingerprint density at radius 1 is 1.28 bits per heavy atom. The third-order valence-electron chi connectivity index (χ3n) is 2.79. The van der Waals surface area contributed by atoms with Crippen LogP contribution in [0.3, 0.4) is 0 Å². The smallest absolute Gasteiger partial charge is 0.160 e. The van der Waals surface area contributed by atoms with Gasteiger partial charge in [0.15, 0.2) is 5.65 Å². The highest BCUT2D eigenvalue weighted by Gasteiger charge is 2.14. The molecule has 0 amide bonds. The minimum Gasteiger partial charge on any atom is -0.326 e. The van der Waals surface area contributed by atoms with Crippen LogP contribution >= 0.6 is 0 Å². The summed E-state index contributed by atoms with van der Waals surface area (Å²) in [5.41, 5.74) is 8.66. The summed E-state index contributed by atoms with van der Waals surface area (Å²) >= 11 is 0. The van der Waals surface area contributed by atoms with Crippen LogP contribution in [0.15, 0.2) is 42.7 Å². The van der Waals surface area contributed by atoms with Crippen molar-refractivity contribution >= 4 is 5.65 Å². The van der Waals surface area contributed by atoms with Gasteiger partial charge in [-0.2, -0.15) is 5.10 Å². The van der Waals surface area contributed by atoms with E-state index in [0.29, 0.717) is 23.4 Å². The molecule has 0 aliphatic carbocycles. The number of nitrogens with two attached hydrogens (primary N) is 1. The minimum atomic E-state index is -0.291. The van der Waals surface area contributed by atoms with Crippen molar-refractivity contribution < 1.29 is 4.39 Å². The first-order chi connectivity index (χ1) is 8.79. The van der Waals surface area contributed by atoms with Crippen LogP contribution in [-0.4, -0.2) is 14.6 Å². The van der Waals surface area contributed by atoms with Crippen molar-refractivity contribution in [2.24, 2.45) is 5.73 Å². The molecule has 1 aromatic carbocycles. The SMILES string of the molecule is NCc1c(-c2cccc(F)c2)nn2cccnc12. The molecule has 3 rings (SSSR count). The number of nitrogens with zero attached hydrogens (tertiary/aromatic N) is 3. The van der Waals surface area contributed by atoms with Gasteiger partial charge in [-0.25, -0.2) is 13.9 Å². The van der Waals surface area contributed by atoms with Gasteiger partial charge in [0.25, 0.3) is 0 Å². The van der Waals surface area contributed by atoms with Gasteiger partial charge < -0.3 is 5.73 Å². The van der Waals surface area contributed by atoms with Gasteiger partial charge in [0, 0.05) is 30.1 Å². The van der Waals surface area contributed by atoms with Crippen LogP contribution in [0.25, 0.3) is 16.9 Å². The molecule has 0 spiro atoms. The molecule has 2 N–H and O–H groups in total. The molecule has 0 fully saturated rings. The zero-order valence-corrected chi connectivity index (χ0v) is 9.55. The van der Waals surface area contributed by atoms with E-state index in [4.69, 9.17) is 5.73 Å². The van der Waals surface area contributed by atoms with Crippen LogP contribution in [0.2, 0.25) is 0 Å². The average Bonchev–Trinajstić information content (AvgIpc) is 2.77. The molecule has 0 saturated heterocycles. The van der Waals surface area contributed by atoms with Crippen molar-refractivity contribution in [2.75, 3.05) is 0 Å². The summed E-state index contributed by atoms with van der Waals surface area (Å²) in [7, 11) is 0. The molecule has 0 unspecified atom stereocenters. The Hall–Kier alpha value is -2.27. The molecule has 0 aliphatic rings. The highest BCUT2D eigenvalue weighted by molar-refractivity contribution is 5.70. The largest absolute Gasteiger partial charge is 0.326 e. The Bertz CT molecular complexity index is 705. The second-order valence-electron chi connectivity index (χ2n) is 3.93. The van der Waals surface area contributed by atoms with Crippen LogP contribution in [0.1, 0.15) is 5.56 Å². The van der Waals surface area contributed by atoms with Crippen molar-refractivity contribution in [3.05, 3.63) is 54.1 Å². The van der Waals surface area contributed by atoms with E-state index in [1.807, 2.05) is 6.07 Å². The Balaban J connectivity index is 2.28. The first-order valence-electron chi connectivity index (χ1n) is 5.58. The molecule has 0 bridgehead atoms. The van der Waals surface area contributed by atoms with Crippen LogP contribution in [-0.2, 0) is 6.54 Å². The predicted octanol–water partition coefficient (Wildman–Crippen LogP) is 1.99. The number of fused-ring (bicyclic) bond motifs is 1. The number of hydrogen-bond acceptors (Lipinski definition) is 3. The van der Waals surface area contributed by atoms with E-state index < -0.39 is 0 Å². The standard InChI is InChI=1S/C13H11FN4/c14-10-4-1-3-9(7-10)12-11(8-15)13-16-5-2-6-18(13)17-12/h1-7H,8,15H2. The Kier molecular flexibility index (Phi) is 2.53. The Labute approximate surface area is 103 Å². The van der Waals surface area contributed by atoms with E-state index in [-0.39, 0.29) is 5.82 Å². The predicted molar refractivity (Wildman–Crippen MR) is 66.3 cm³/mol. The van der Waals surface area contributed by atoms with Crippen LogP contribution in [0.4, 0.5) is 4.39 Å². The average molecular weight is 242 g/mol. The molecular weight excluding hydrogens is 231 g/mol. The second kappa shape index (κ2) is 4.19. The van der Waals surface area contributed by atoms with Gasteiger partial charge in [-0.05, 0) is 18.2 Å². The number of hydrogen-bond donors (Lipinski definition) is 1. The van der Waals surface area contributed by atoms with E-state index in [2.05, 4.69) is 10.1 Å². The van der Waals surface area contributed by atoms with E-state index in [1.165, 1.54) is 12.1 Å². The summed E-state index contributed by atoms with van der Waals surface area (Å²) in [6.07, 6.45) is 3.48. The maximum absolute atomic E-state index is 13.3. The van der Waals surface area contributed by atoms with Crippen LogP contribution < -0.4 is 5.73 Å². The molecule has 18 heavy (non-hydrogen) atoms. The molecule has 0 aliphatic heterocycles. The molecule has 0 atom stereocenters. The summed E-state index contributed by atoms with van der Waals surface area (Å²) in [4.78, 5) is 4.25. The number of halogens is 1. The lowest BCUT2D eigenvalue weighted by Gasteiger charge is -1.99. The minimum absolute atomic E-state index is 0.291. The van der Waals surface area contributed by atoms with Crippen molar-refractivity contribution in [1.29, 1.82) is 0 Å². The summed E-state index contributed by atoms with van der Waals surface area (Å²) in [5, 5.41) is 4.40. The fourth-order valence-corrected chi connectivity index (χ4v) is 1.99. The maximum atomic E-state index is 13.3. The van der Waals surface area contributed by atoms with Crippen LogP contribution in [0, 0.1) is 5.82 Å². The van der Waals surface area contributed by atoms with Gasteiger partial charge >= 0.3 is 0 Å². The summed E-state index contributed by atoms with van der Waals surface area (Å²) in [6.45, 7) is 0.312. The zero-order valence-electron chi connectivity index (χ0n) is 9.55. The Morgan fingerprint density at radius 3 is 2.94 bits per heavy atom. The highest BCUT2D eigenvalue weighted by atomic mass is 19.1. The van der Waals surface area contributed by atoms with Crippen molar-refractivity contribution in [3.8, 4) is 11.3 Å². The zero-order chi connectivity index (χ0) is 12.5. The maximum Gasteiger partial charge on any atom is 0.160 e. The lowest BCUT2D eigenvalue weighted by atomic mass is 10.1. The van der Waals surface area contributed by atoms with Gasteiger partial charge in [0.05, 0.1) is 5.69 Å². The van der Waals surface area contributed by atoms with Gasteiger partial charge in [0.2, 0.25) is 0 Å². The van der Waals surface area contributed by atoms with Crippen molar-refractivity contribution in [1.82, 2.24) is 14.6 Å². The van der Waals surface area contributed by atoms with E-state index in [9.17, 15) is 4.39 Å². The van der Waals surface area contributed by atoms with E-state index in [1.54, 1.807) is 29.0 Å². The van der Waals surface area contributed by atoms with Crippen LogP contribution in [0.5, 0.6) is 0 Å².